The Morgan fingerprint density at radius 3 is 2.83 bits per heavy atom. The van der Waals surface area contributed by atoms with Gasteiger partial charge >= 0.3 is 0 Å². The van der Waals surface area contributed by atoms with Crippen LogP contribution in [0.25, 0.3) is 0 Å². The minimum atomic E-state index is 0.120. The average molecular weight is 265 g/mol. The van der Waals surface area contributed by atoms with E-state index in [9.17, 15) is 4.79 Å². The summed E-state index contributed by atoms with van der Waals surface area (Å²) < 4.78 is 10.5. The third kappa shape index (κ3) is 2.41. The topological polar surface area (TPSA) is 47.6 Å². The molecule has 0 unspecified atom stereocenters. The van der Waals surface area contributed by atoms with Gasteiger partial charge in [-0.15, -0.1) is 0 Å². The number of carbonyl (C=O) groups excluding carboxylic acids is 1. The predicted molar refractivity (Wildman–Crippen MR) is 71.2 cm³/mol. The van der Waals surface area contributed by atoms with Gasteiger partial charge in [-0.2, -0.15) is 11.8 Å². The second-order valence-corrected chi connectivity index (χ2v) is 5.67. The summed E-state index contributed by atoms with van der Waals surface area (Å²) in [5.41, 5.74) is 0.780. The molecule has 2 aliphatic heterocycles. The molecule has 18 heavy (non-hydrogen) atoms. The van der Waals surface area contributed by atoms with Crippen LogP contribution in [0, 0.1) is 5.92 Å². The first-order valence-corrected chi connectivity index (χ1v) is 7.26. The van der Waals surface area contributed by atoms with E-state index in [0.717, 1.165) is 35.8 Å². The lowest BCUT2D eigenvalue weighted by molar-refractivity contribution is -0.120. The van der Waals surface area contributed by atoms with Crippen molar-refractivity contribution >= 4 is 23.4 Å². The van der Waals surface area contributed by atoms with E-state index in [0.29, 0.717) is 5.75 Å². The Labute approximate surface area is 110 Å². The van der Waals surface area contributed by atoms with E-state index >= 15 is 0 Å². The lowest BCUT2D eigenvalue weighted by Crippen LogP contribution is -2.26. The largest absolute Gasteiger partial charge is 0.454 e. The Morgan fingerprint density at radius 1 is 1.22 bits per heavy atom. The van der Waals surface area contributed by atoms with Crippen LogP contribution in [0.15, 0.2) is 18.2 Å². The van der Waals surface area contributed by atoms with E-state index in [4.69, 9.17) is 9.47 Å². The molecule has 1 fully saturated rings. The predicted octanol–water partition coefficient (Wildman–Crippen LogP) is 2.50. The molecular weight excluding hydrogens is 250 g/mol. The van der Waals surface area contributed by atoms with E-state index in [-0.39, 0.29) is 18.6 Å². The van der Waals surface area contributed by atoms with Gasteiger partial charge in [-0.05, 0) is 36.5 Å². The highest BCUT2D eigenvalue weighted by atomic mass is 32.2. The number of ether oxygens (including phenoxy) is 2. The zero-order chi connectivity index (χ0) is 12.4. The number of nitrogens with one attached hydrogen (secondary N) is 1. The quantitative estimate of drug-likeness (QED) is 0.892. The van der Waals surface area contributed by atoms with Crippen LogP contribution < -0.4 is 14.8 Å². The van der Waals surface area contributed by atoms with Crippen LogP contribution in [0.2, 0.25) is 0 Å². The van der Waals surface area contributed by atoms with Gasteiger partial charge in [-0.25, -0.2) is 0 Å². The first kappa shape index (κ1) is 11.7. The summed E-state index contributed by atoms with van der Waals surface area (Å²) >= 11 is 1.92. The molecule has 1 amide bonds. The summed E-state index contributed by atoms with van der Waals surface area (Å²) in [5.74, 6) is 3.87. The third-order valence-corrected chi connectivity index (χ3v) is 4.28. The summed E-state index contributed by atoms with van der Waals surface area (Å²) in [6, 6.07) is 5.50. The maximum atomic E-state index is 12.1. The van der Waals surface area contributed by atoms with Crippen molar-refractivity contribution in [1.82, 2.24) is 0 Å². The van der Waals surface area contributed by atoms with Crippen LogP contribution in [0.1, 0.15) is 12.8 Å². The Kier molecular flexibility index (Phi) is 3.32. The monoisotopic (exact) mass is 265 g/mol. The van der Waals surface area contributed by atoms with Gasteiger partial charge in [0.05, 0.1) is 0 Å². The van der Waals surface area contributed by atoms with E-state index in [1.165, 1.54) is 0 Å². The first-order valence-electron chi connectivity index (χ1n) is 6.11. The van der Waals surface area contributed by atoms with Crippen LogP contribution in [0.3, 0.4) is 0 Å². The summed E-state index contributed by atoms with van der Waals surface area (Å²) in [6.07, 6.45) is 1.95. The zero-order valence-corrected chi connectivity index (χ0v) is 10.8. The molecule has 0 bridgehead atoms. The number of hydrogen-bond acceptors (Lipinski definition) is 4. The van der Waals surface area contributed by atoms with E-state index < -0.39 is 0 Å². The standard InChI is InChI=1S/C13H15NO3S/c15-13(9-3-5-18-6-4-9)14-10-1-2-11-12(7-10)17-8-16-11/h1-2,7,9H,3-6,8H2,(H,14,15). The molecule has 0 atom stereocenters. The highest BCUT2D eigenvalue weighted by Gasteiger charge is 2.22. The molecule has 1 saturated heterocycles. The van der Waals surface area contributed by atoms with Gasteiger partial charge in [-0.3, -0.25) is 4.79 Å². The van der Waals surface area contributed by atoms with Crippen molar-refractivity contribution < 1.29 is 14.3 Å². The van der Waals surface area contributed by atoms with Crippen molar-refractivity contribution in [1.29, 1.82) is 0 Å². The molecule has 1 aromatic rings. The number of carbonyl (C=O) groups is 1. The fourth-order valence-corrected chi connectivity index (χ4v) is 3.28. The molecule has 0 radical (unpaired) electrons. The second-order valence-electron chi connectivity index (χ2n) is 4.44. The van der Waals surface area contributed by atoms with Crippen molar-refractivity contribution in [2.75, 3.05) is 23.6 Å². The third-order valence-electron chi connectivity index (χ3n) is 3.23. The van der Waals surface area contributed by atoms with Crippen LogP contribution >= 0.6 is 11.8 Å². The smallest absolute Gasteiger partial charge is 0.231 e. The molecule has 0 aromatic heterocycles. The lowest BCUT2D eigenvalue weighted by Gasteiger charge is -2.20. The Balaban J connectivity index is 1.66. The van der Waals surface area contributed by atoms with E-state index in [1.54, 1.807) is 0 Å². The number of fused-ring (bicyclic) bond motifs is 1. The molecule has 1 aromatic carbocycles. The molecule has 2 aliphatic rings. The molecule has 0 aliphatic carbocycles. The van der Waals surface area contributed by atoms with Crippen LogP contribution in [-0.4, -0.2) is 24.2 Å². The molecule has 96 valence electrons. The summed E-state index contributed by atoms with van der Waals surface area (Å²) in [6.45, 7) is 0.257. The molecule has 4 nitrogen and oxygen atoms in total. The van der Waals surface area contributed by atoms with Crippen molar-refractivity contribution in [2.45, 2.75) is 12.8 Å². The summed E-state index contributed by atoms with van der Waals surface area (Å²) in [5, 5.41) is 2.96. The van der Waals surface area contributed by atoms with E-state index in [2.05, 4.69) is 5.32 Å². The summed E-state index contributed by atoms with van der Waals surface area (Å²) in [4.78, 5) is 12.1. The number of thioether (sulfide) groups is 1. The molecule has 3 rings (SSSR count). The number of hydrogen-bond donors (Lipinski definition) is 1. The first-order chi connectivity index (χ1) is 8.83. The van der Waals surface area contributed by atoms with Gasteiger partial charge in [0.1, 0.15) is 0 Å². The highest BCUT2D eigenvalue weighted by molar-refractivity contribution is 7.99. The minimum absolute atomic E-state index is 0.120. The average Bonchev–Trinajstić information content (AvgIpc) is 2.87. The molecule has 0 spiro atoms. The molecule has 0 saturated carbocycles. The lowest BCUT2D eigenvalue weighted by atomic mass is 10.0. The Hall–Kier alpha value is -1.36. The Morgan fingerprint density at radius 2 is 2.00 bits per heavy atom. The van der Waals surface area contributed by atoms with Gasteiger partial charge in [0, 0.05) is 17.7 Å². The normalized spacial score (nSPS) is 18.7. The van der Waals surface area contributed by atoms with Gasteiger partial charge < -0.3 is 14.8 Å². The van der Waals surface area contributed by atoms with Crippen LogP contribution in [0.5, 0.6) is 11.5 Å². The summed E-state index contributed by atoms with van der Waals surface area (Å²) in [7, 11) is 0. The van der Waals surface area contributed by atoms with Gasteiger partial charge in [0.2, 0.25) is 12.7 Å². The van der Waals surface area contributed by atoms with Crippen molar-refractivity contribution in [3.8, 4) is 11.5 Å². The minimum Gasteiger partial charge on any atom is -0.454 e. The molecule has 5 heteroatoms. The fourth-order valence-electron chi connectivity index (χ4n) is 2.18. The SMILES string of the molecule is O=C(Nc1ccc2c(c1)OCO2)C1CCSCC1. The van der Waals surface area contributed by atoms with E-state index in [1.807, 2.05) is 30.0 Å². The maximum absolute atomic E-state index is 12.1. The Bertz CT molecular complexity index is 458. The number of amides is 1. The van der Waals surface area contributed by atoms with Gasteiger partial charge in [0.25, 0.3) is 0 Å². The maximum Gasteiger partial charge on any atom is 0.231 e. The number of benzene rings is 1. The van der Waals surface area contributed by atoms with Crippen LogP contribution in [0.4, 0.5) is 5.69 Å². The van der Waals surface area contributed by atoms with Gasteiger partial charge in [-0.1, -0.05) is 0 Å². The van der Waals surface area contributed by atoms with Gasteiger partial charge in [0.15, 0.2) is 11.5 Å². The fraction of sp³-hybridized carbons (Fsp3) is 0.462. The van der Waals surface area contributed by atoms with Crippen molar-refractivity contribution in [3.05, 3.63) is 18.2 Å². The molecule has 2 heterocycles. The molecule has 1 N–H and O–H groups in total. The van der Waals surface area contributed by atoms with Crippen molar-refractivity contribution in [3.63, 3.8) is 0 Å². The molecular formula is C13H15NO3S. The highest BCUT2D eigenvalue weighted by Crippen LogP contribution is 2.34. The van der Waals surface area contributed by atoms with Crippen LogP contribution in [-0.2, 0) is 4.79 Å². The van der Waals surface area contributed by atoms with Crippen molar-refractivity contribution in [2.24, 2.45) is 5.92 Å². The zero-order valence-electron chi connectivity index (χ0n) is 9.98. The second kappa shape index (κ2) is 5.10. The number of anilines is 1. The number of rotatable bonds is 2.